The molecule has 0 aliphatic heterocycles. The minimum Gasteiger partial charge on any atom is -0.352 e. The number of anilines is 1. The summed E-state index contributed by atoms with van der Waals surface area (Å²) in [7, 11) is 0. The van der Waals surface area contributed by atoms with Crippen LogP contribution in [-0.2, 0) is 0 Å². The van der Waals surface area contributed by atoms with Gasteiger partial charge in [0.05, 0.1) is 10.2 Å². The minimum atomic E-state index is 0.674. The third-order valence-electron chi connectivity index (χ3n) is 3.34. The van der Waals surface area contributed by atoms with Crippen molar-refractivity contribution in [3.8, 4) is 0 Å². The molecule has 0 aromatic carbocycles. The number of aromatic nitrogens is 2. The van der Waals surface area contributed by atoms with Crippen molar-refractivity contribution in [2.75, 3.05) is 16.8 Å². The van der Waals surface area contributed by atoms with E-state index in [1.165, 1.54) is 24.0 Å². The van der Waals surface area contributed by atoms with E-state index in [0.29, 0.717) is 6.04 Å². The number of alkyl halides is 1. The minimum absolute atomic E-state index is 0.674. The van der Waals surface area contributed by atoms with Gasteiger partial charge in [-0.15, -0.1) is 11.3 Å². The average molecular weight is 312 g/mol. The fourth-order valence-corrected chi connectivity index (χ4v) is 3.46. The fourth-order valence-electron chi connectivity index (χ4n) is 2.23. The van der Waals surface area contributed by atoms with Crippen molar-refractivity contribution >= 4 is 43.3 Å². The molecule has 0 bridgehead atoms. The van der Waals surface area contributed by atoms with Gasteiger partial charge in [-0.2, -0.15) is 0 Å². The molecule has 0 saturated heterocycles. The van der Waals surface area contributed by atoms with Crippen LogP contribution in [0.3, 0.4) is 0 Å². The number of hydrogen-bond donors (Lipinski definition) is 0. The molecule has 90 valence electrons. The van der Waals surface area contributed by atoms with Crippen LogP contribution in [0.5, 0.6) is 0 Å². The van der Waals surface area contributed by atoms with E-state index < -0.39 is 0 Å². The third-order valence-corrected chi connectivity index (χ3v) is 4.59. The summed E-state index contributed by atoms with van der Waals surface area (Å²) < 4.78 is 1.22. The molecule has 1 aliphatic rings. The normalized spacial score (nSPS) is 16.1. The fraction of sp³-hybridized carbons (Fsp3) is 0.500. The summed E-state index contributed by atoms with van der Waals surface area (Å²) >= 11 is 5.28. The van der Waals surface area contributed by atoms with Crippen molar-refractivity contribution in [3.05, 3.63) is 17.8 Å². The first-order chi connectivity index (χ1) is 8.40. The van der Waals surface area contributed by atoms with E-state index in [9.17, 15) is 0 Å². The standard InChI is InChI=1S/C12H14BrN3S/c13-5-6-16(9-2-1-3-9)12-11-10(4-7-17-11)14-8-15-12/h4,7-9H,1-3,5-6H2. The van der Waals surface area contributed by atoms with Crippen molar-refractivity contribution in [2.24, 2.45) is 0 Å². The Morgan fingerprint density at radius 2 is 2.29 bits per heavy atom. The number of halogens is 1. The van der Waals surface area contributed by atoms with Crippen LogP contribution in [0, 0.1) is 0 Å². The van der Waals surface area contributed by atoms with E-state index in [4.69, 9.17) is 0 Å². The van der Waals surface area contributed by atoms with Gasteiger partial charge in [0.2, 0.25) is 0 Å². The second kappa shape index (κ2) is 4.90. The predicted molar refractivity (Wildman–Crippen MR) is 76.2 cm³/mol. The van der Waals surface area contributed by atoms with Crippen LogP contribution in [0.2, 0.25) is 0 Å². The molecule has 0 amide bonds. The molecular formula is C12H14BrN3S. The molecule has 2 heterocycles. The van der Waals surface area contributed by atoms with Crippen molar-refractivity contribution in [2.45, 2.75) is 25.3 Å². The Balaban J connectivity index is 2.01. The second-order valence-corrected chi connectivity index (χ2v) is 6.01. The lowest BCUT2D eigenvalue weighted by Gasteiger charge is -2.38. The number of hydrogen-bond acceptors (Lipinski definition) is 4. The summed E-state index contributed by atoms with van der Waals surface area (Å²) in [6, 6.07) is 2.74. The number of rotatable bonds is 4. The molecule has 0 unspecified atom stereocenters. The van der Waals surface area contributed by atoms with Crippen molar-refractivity contribution in [1.82, 2.24) is 9.97 Å². The van der Waals surface area contributed by atoms with Gasteiger partial charge < -0.3 is 4.90 Å². The molecule has 1 aliphatic carbocycles. The smallest absolute Gasteiger partial charge is 0.150 e. The summed E-state index contributed by atoms with van der Waals surface area (Å²) in [4.78, 5) is 11.3. The van der Waals surface area contributed by atoms with Gasteiger partial charge in [-0.1, -0.05) is 15.9 Å². The summed E-state index contributed by atoms with van der Waals surface area (Å²) in [5.41, 5.74) is 1.07. The monoisotopic (exact) mass is 311 g/mol. The van der Waals surface area contributed by atoms with E-state index in [-0.39, 0.29) is 0 Å². The van der Waals surface area contributed by atoms with E-state index >= 15 is 0 Å². The van der Waals surface area contributed by atoms with Crippen LogP contribution in [-0.4, -0.2) is 27.9 Å². The van der Waals surface area contributed by atoms with Gasteiger partial charge in [-0.25, -0.2) is 9.97 Å². The Labute approximate surface area is 113 Å². The van der Waals surface area contributed by atoms with Gasteiger partial charge >= 0.3 is 0 Å². The van der Waals surface area contributed by atoms with Gasteiger partial charge in [0.15, 0.2) is 0 Å². The lowest BCUT2D eigenvalue weighted by atomic mass is 9.91. The molecule has 1 saturated carbocycles. The van der Waals surface area contributed by atoms with E-state index in [1.54, 1.807) is 17.7 Å². The summed E-state index contributed by atoms with van der Waals surface area (Å²) in [6.45, 7) is 1.02. The largest absolute Gasteiger partial charge is 0.352 e. The molecular weight excluding hydrogens is 298 g/mol. The molecule has 17 heavy (non-hydrogen) atoms. The average Bonchev–Trinajstić information content (AvgIpc) is 2.73. The zero-order valence-corrected chi connectivity index (χ0v) is 11.9. The molecule has 1 fully saturated rings. The highest BCUT2D eigenvalue weighted by atomic mass is 79.9. The van der Waals surface area contributed by atoms with Crippen LogP contribution in [0.1, 0.15) is 19.3 Å². The maximum Gasteiger partial charge on any atom is 0.150 e. The highest BCUT2D eigenvalue weighted by molar-refractivity contribution is 9.09. The third kappa shape index (κ3) is 2.06. The Morgan fingerprint density at radius 1 is 1.41 bits per heavy atom. The maximum absolute atomic E-state index is 4.51. The Morgan fingerprint density at radius 3 is 3.00 bits per heavy atom. The lowest BCUT2D eigenvalue weighted by molar-refractivity contribution is 0.390. The van der Waals surface area contributed by atoms with Crippen LogP contribution in [0.25, 0.3) is 10.2 Å². The van der Waals surface area contributed by atoms with Gasteiger partial charge in [0.1, 0.15) is 12.1 Å². The molecule has 3 nitrogen and oxygen atoms in total. The van der Waals surface area contributed by atoms with Crippen LogP contribution in [0.15, 0.2) is 17.8 Å². The van der Waals surface area contributed by atoms with Crippen LogP contribution < -0.4 is 4.90 Å². The number of thiophene rings is 1. The Bertz CT molecular complexity index is 509. The lowest BCUT2D eigenvalue weighted by Crippen LogP contribution is -2.41. The summed E-state index contributed by atoms with van der Waals surface area (Å²) in [6.07, 6.45) is 5.63. The Hall–Kier alpha value is -0.680. The van der Waals surface area contributed by atoms with Gasteiger partial charge in [-0.3, -0.25) is 0 Å². The summed E-state index contributed by atoms with van der Waals surface area (Å²) in [5, 5.41) is 3.08. The van der Waals surface area contributed by atoms with E-state index in [1.807, 2.05) is 0 Å². The van der Waals surface area contributed by atoms with E-state index in [0.717, 1.165) is 23.2 Å². The van der Waals surface area contributed by atoms with Gasteiger partial charge in [-0.05, 0) is 30.7 Å². The highest BCUT2D eigenvalue weighted by Crippen LogP contribution is 2.34. The first-order valence-corrected chi connectivity index (χ1v) is 7.91. The molecule has 2 aromatic rings. The van der Waals surface area contributed by atoms with Crippen LogP contribution >= 0.6 is 27.3 Å². The van der Waals surface area contributed by atoms with E-state index in [2.05, 4.69) is 42.2 Å². The topological polar surface area (TPSA) is 29.0 Å². The zero-order chi connectivity index (χ0) is 11.7. The molecule has 5 heteroatoms. The molecule has 0 spiro atoms. The van der Waals surface area contributed by atoms with Gasteiger partial charge in [0.25, 0.3) is 0 Å². The zero-order valence-electron chi connectivity index (χ0n) is 9.47. The molecule has 0 N–H and O–H groups in total. The van der Waals surface area contributed by atoms with Crippen molar-refractivity contribution in [3.63, 3.8) is 0 Å². The molecule has 3 rings (SSSR count). The van der Waals surface area contributed by atoms with Crippen molar-refractivity contribution < 1.29 is 0 Å². The predicted octanol–water partition coefficient (Wildman–Crippen LogP) is 3.45. The number of fused-ring (bicyclic) bond motifs is 1. The van der Waals surface area contributed by atoms with Crippen molar-refractivity contribution in [1.29, 1.82) is 0 Å². The Kier molecular flexibility index (Phi) is 3.29. The molecule has 0 radical (unpaired) electrons. The first-order valence-electron chi connectivity index (χ1n) is 5.91. The first kappa shape index (κ1) is 11.4. The molecule has 2 aromatic heterocycles. The summed E-state index contributed by atoms with van der Waals surface area (Å²) in [5.74, 6) is 1.12. The molecule has 0 atom stereocenters. The number of nitrogens with zero attached hydrogens (tertiary/aromatic N) is 3. The SMILES string of the molecule is BrCCN(c1ncnc2ccsc12)C1CCC1. The maximum atomic E-state index is 4.51. The second-order valence-electron chi connectivity index (χ2n) is 4.30. The quantitative estimate of drug-likeness (QED) is 0.810. The van der Waals surface area contributed by atoms with Gasteiger partial charge in [0, 0.05) is 17.9 Å². The van der Waals surface area contributed by atoms with Crippen LogP contribution in [0.4, 0.5) is 5.82 Å². The highest BCUT2D eigenvalue weighted by Gasteiger charge is 2.27.